The Morgan fingerprint density at radius 2 is 2.22 bits per heavy atom. The fourth-order valence-electron chi connectivity index (χ4n) is 2.72. The highest BCUT2D eigenvalue weighted by Crippen LogP contribution is 2.46. The SMILES string of the molecule is COc1cccc([C@@H]2CC(=O)Nc3nc(N)sc32)c1OC(C)C. The van der Waals surface area contributed by atoms with E-state index >= 15 is 0 Å². The number of carbonyl (C=O) groups is 1. The molecule has 3 N–H and O–H groups in total. The van der Waals surface area contributed by atoms with Crippen LogP contribution in [0.3, 0.4) is 0 Å². The summed E-state index contributed by atoms with van der Waals surface area (Å²) in [7, 11) is 1.61. The van der Waals surface area contributed by atoms with Gasteiger partial charge in [0, 0.05) is 17.9 Å². The molecule has 1 aliphatic heterocycles. The normalized spacial score (nSPS) is 16.9. The number of rotatable bonds is 4. The number of anilines is 2. The number of fused-ring (bicyclic) bond motifs is 1. The van der Waals surface area contributed by atoms with Crippen LogP contribution < -0.4 is 20.5 Å². The highest BCUT2D eigenvalue weighted by molar-refractivity contribution is 7.16. The fraction of sp³-hybridized carbons (Fsp3) is 0.375. The van der Waals surface area contributed by atoms with Gasteiger partial charge in [0.1, 0.15) is 5.82 Å². The third-order valence-electron chi connectivity index (χ3n) is 3.59. The number of nitrogens with two attached hydrogens (primary N) is 1. The Morgan fingerprint density at radius 3 is 2.91 bits per heavy atom. The summed E-state index contributed by atoms with van der Waals surface area (Å²) >= 11 is 1.39. The van der Waals surface area contributed by atoms with Crippen LogP contribution in [-0.4, -0.2) is 24.1 Å². The van der Waals surface area contributed by atoms with Crippen molar-refractivity contribution in [3.63, 3.8) is 0 Å². The minimum Gasteiger partial charge on any atom is -0.493 e. The lowest BCUT2D eigenvalue weighted by Gasteiger charge is -2.25. The first kappa shape index (κ1) is 15.6. The smallest absolute Gasteiger partial charge is 0.226 e. The van der Waals surface area contributed by atoms with Crippen molar-refractivity contribution in [3.8, 4) is 11.5 Å². The molecular weight excluding hydrogens is 314 g/mol. The number of ether oxygens (including phenoxy) is 2. The van der Waals surface area contributed by atoms with Crippen molar-refractivity contribution in [2.75, 3.05) is 18.2 Å². The van der Waals surface area contributed by atoms with E-state index in [0.717, 1.165) is 10.4 Å². The largest absolute Gasteiger partial charge is 0.493 e. The van der Waals surface area contributed by atoms with Crippen LogP contribution in [0.4, 0.5) is 10.9 Å². The Morgan fingerprint density at radius 1 is 1.43 bits per heavy atom. The van der Waals surface area contributed by atoms with Gasteiger partial charge in [-0.05, 0) is 19.9 Å². The first-order valence-electron chi connectivity index (χ1n) is 7.39. The van der Waals surface area contributed by atoms with E-state index < -0.39 is 0 Å². The third kappa shape index (κ3) is 2.96. The van der Waals surface area contributed by atoms with E-state index in [2.05, 4.69) is 10.3 Å². The van der Waals surface area contributed by atoms with Gasteiger partial charge in [-0.15, -0.1) is 0 Å². The van der Waals surface area contributed by atoms with Crippen LogP contribution in [-0.2, 0) is 4.79 Å². The van der Waals surface area contributed by atoms with Crippen LogP contribution in [0.2, 0.25) is 0 Å². The standard InChI is InChI=1S/C16H19N3O3S/c1-8(2)22-13-9(5-4-6-11(13)21-3)10-7-12(20)18-15-14(10)23-16(17)19-15/h4-6,8,10H,7H2,1-3H3,(H2,17,19)(H,18,20)/t10-/m0/s1. The summed E-state index contributed by atoms with van der Waals surface area (Å²) in [6.07, 6.45) is 0.324. The molecule has 2 aromatic rings. The van der Waals surface area contributed by atoms with Crippen molar-refractivity contribution in [2.45, 2.75) is 32.3 Å². The zero-order chi connectivity index (χ0) is 16.6. The number of aromatic nitrogens is 1. The molecule has 0 bridgehead atoms. The van der Waals surface area contributed by atoms with Crippen molar-refractivity contribution in [1.29, 1.82) is 0 Å². The van der Waals surface area contributed by atoms with Crippen LogP contribution in [0.5, 0.6) is 11.5 Å². The molecule has 0 unspecified atom stereocenters. The first-order chi connectivity index (χ1) is 11.0. The van der Waals surface area contributed by atoms with E-state index in [1.807, 2.05) is 32.0 Å². The van der Waals surface area contributed by atoms with Gasteiger partial charge >= 0.3 is 0 Å². The van der Waals surface area contributed by atoms with E-state index in [1.54, 1.807) is 7.11 Å². The third-order valence-corrected chi connectivity index (χ3v) is 4.59. The van der Waals surface area contributed by atoms with E-state index in [4.69, 9.17) is 15.2 Å². The predicted octanol–water partition coefficient (Wildman–Crippen LogP) is 3.00. The van der Waals surface area contributed by atoms with Crippen LogP contribution in [0.25, 0.3) is 0 Å². The lowest BCUT2D eigenvalue weighted by Crippen LogP contribution is -2.23. The van der Waals surface area contributed by atoms with Gasteiger partial charge in [-0.3, -0.25) is 4.79 Å². The van der Waals surface area contributed by atoms with Crippen molar-refractivity contribution in [2.24, 2.45) is 0 Å². The Hall–Kier alpha value is -2.28. The molecule has 1 atom stereocenters. The van der Waals surface area contributed by atoms with E-state index in [9.17, 15) is 4.79 Å². The van der Waals surface area contributed by atoms with Gasteiger partial charge in [-0.1, -0.05) is 23.5 Å². The fourth-order valence-corrected chi connectivity index (χ4v) is 3.63. The van der Waals surface area contributed by atoms with Crippen molar-refractivity contribution in [3.05, 3.63) is 28.6 Å². The molecule has 1 aromatic heterocycles. The second kappa shape index (κ2) is 6.08. The van der Waals surface area contributed by atoms with Gasteiger partial charge < -0.3 is 20.5 Å². The van der Waals surface area contributed by atoms with E-state index in [-0.39, 0.29) is 17.9 Å². The number of nitrogens with zero attached hydrogens (tertiary/aromatic N) is 1. The number of thiazole rings is 1. The van der Waals surface area contributed by atoms with Crippen molar-refractivity contribution < 1.29 is 14.3 Å². The zero-order valence-electron chi connectivity index (χ0n) is 13.3. The van der Waals surface area contributed by atoms with Gasteiger partial charge in [-0.2, -0.15) is 0 Å². The Kier molecular flexibility index (Phi) is 4.12. The predicted molar refractivity (Wildman–Crippen MR) is 90.4 cm³/mol. The molecule has 0 saturated carbocycles. The van der Waals surface area contributed by atoms with Crippen LogP contribution in [0.1, 0.15) is 36.6 Å². The first-order valence-corrected chi connectivity index (χ1v) is 8.20. The maximum atomic E-state index is 12.0. The van der Waals surface area contributed by atoms with Gasteiger partial charge in [-0.25, -0.2) is 4.98 Å². The summed E-state index contributed by atoms with van der Waals surface area (Å²) in [5.41, 5.74) is 6.73. The van der Waals surface area contributed by atoms with Crippen molar-refractivity contribution in [1.82, 2.24) is 4.98 Å². The molecule has 0 radical (unpaired) electrons. The second-order valence-corrected chi connectivity index (χ2v) is 6.68. The molecule has 0 fully saturated rings. The second-order valence-electron chi connectivity index (χ2n) is 5.62. The van der Waals surface area contributed by atoms with Crippen molar-refractivity contribution >= 4 is 28.2 Å². The lowest BCUT2D eigenvalue weighted by atomic mass is 9.90. The molecule has 1 aliphatic rings. The monoisotopic (exact) mass is 333 g/mol. The van der Waals surface area contributed by atoms with Crippen LogP contribution in [0, 0.1) is 0 Å². The van der Waals surface area contributed by atoms with Gasteiger partial charge in [0.2, 0.25) is 5.91 Å². The van der Waals surface area contributed by atoms with Gasteiger partial charge in [0.15, 0.2) is 16.6 Å². The van der Waals surface area contributed by atoms with Gasteiger partial charge in [0.05, 0.1) is 18.1 Å². The molecule has 23 heavy (non-hydrogen) atoms. The number of hydrogen-bond acceptors (Lipinski definition) is 6. The molecule has 3 rings (SSSR count). The topological polar surface area (TPSA) is 86.5 Å². The highest BCUT2D eigenvalue weighted by Gasteiger charge is 2.32. The van der Waals surface area contributed by atoms with Crippen LogP contribution >= 0.6 is 11.3 Å². The quantitative estimate of drug-likeness (QED) is 0.898. The number of benzene rings is 1. The molecule has 1 amide bonds. The molecule has 6 nitrogen and oxygen atoms in total. The molecule has 0 aliphatic carbocycles. The summed E-state index contributed by atoms with van der Waals surface area (Å²) in [6, 6.07) is 5.72. The molecule has 1 aromatic carbocycles. The Bertz CT molecular complexity index is 742. The summed E-state index contributed by atoms with van der Waals surface area (Å²) in [6.45, 7) is 3.92. The summed E-state index contributed by atoms with van der Waals surface area (Å²) < 4.78 is 11.4. The summed E-state index contributed by atoms with van der Waals surface area (Å²) in [4.78, 5) is 17.2. The summed E-state index contributed by atoms with van der Waals surface area (Å²) in [5.74, 6) is 1.65. The maximum absolute atomic E-state index is 12.0. The number of nitrogen functional groups attached to an aromatic ring is 1. The van der Waals surface area contributed by atoms with E-state index in [0.29, 0.717) is 28.9 Å². The summed E-state index contributed by atoms with van der Waals surface area (Å²) in [5, 5.41) is 3.22. The molecular formula is C16H19N3O3S. The average Bonchev–Trinajstić information content (AvgIpc) is 2.86. The number of nitrogens with one attached hydrogen (secondary N) is 1. The Labute approximate surface area is 138 Å². The number of methoxy groups -OCH3 is 1. The molecule has 0 saturated heterocycles. The molecule has 0 spiro atoms. The van der Waals surface area contributed by atoms with Gasteiger partial charge in [0.25, 0.3) is 0 Å². The molecule has 7 heteroatoms. The highest BCUT2D eigenvalue weighted by atomic mass is 32.1. The maximum Gasteiger partial charge on any atom is 0.226 e. The van der Waals surface area contributed by atoms with E-state index in [1.165, 1.54) is 11.3 Å². The molecule has 2 heterocycles. The minimum absolute atomic E-state index is 0.00605. The minimum atomic E-state index is -0.141. The Balaban J connectivity index is 2.13. The number of carbonyl (C=O) groups excluding carboxylic acids is 1. The zero-order valence-corrected chi connectivity index (χ0v) is 14.1. The van der Waals surface area contributed by atoms with Crippen LogP contribution in [0.15, 0.2) is 18.2 Å². The average molecular weight is 333 g/mol. The number of hydrogen-bond donors (Lipinski definition) is 2. The number of amides is 1. The molecule has 122 valence electrons. The number of para-hydroxylation sites is 1. The lowest BCUT2D eigenvalue weighted by molar-refractivity contribution is -0.116.